The fraction of sp³-hybridized carbons (Fsp3) is 1.00. The predicted molar refractivity (Wildman–Crippen MR) is 65.4 cm³/mol. The Balaban J connectivity index is 4.54. The van der Waals surface area contributed by atoms with Gasteiger partial charge in [0.2, 0.25) is 0 Å². The normalized spacial score (nSPS) is 14.4. The van der Waals surface area contributed by atoms with Crippen molar-refractivity contribution in [3.8, 4) is 0 Å². The van der Waals surface area contributed by atoms with Crippen molar-refractivity contribution >= 4 is 11.6 Å². The molecule has 0 aliphatic rings. The highest BCUT2D eigenvalue weighted by Gasteiger charge is 2.41. The first-order valence-electron chi connectivity index (χ1n) is 5.44. The molecule has 0 aromatic rings. The molecule has 2 nitrogen and oxygen atoms in total. The molecule has 0 fully saturated rings. The van der Waals surface area contributed by atoms with Crippen molar-refractivity contribution in [1.82, 2.24) is 0 Å². The van der Waals surface area contributed by atoms with Gasteiger partial charge in [-0.25, -0.2) is 0 Å². The summed E-state index contributed by atoms with van der Waals surface area (Å²) in [5, 5.41) is 9.86. The Bertz CT molecular complexity index is 192. The molecular formula is C12H25ClO2. The Morgan fingerprint density at radius 2 is 1.53 bits per heavy atom. The van der Waals surface area contributed by atoms with E-state index in [0.717, 1.165) is 0 Å². The monoisotopic (exact) mass is 236 g/mol. The van der Waals surface area contributed by atoms with Crippen LogP contribution >= 0.6 is 11.6 Å². The van der Waals surface area contributed by atoms with E-state index in [1.54, 1.807) is 0 Å². The minimum Gasteiger partial charge on any atom is -0.390 e. The maximum atomic E-state index is 9.86. The van der Waals surface area contributed by atoms with Crippen LogP contribution in [0.4, 0.5) is 0 Å². The van der Waals surface area contributed by atoms with Gasteiger partial charge in [-0.2, -0.15) is 0 Å². The number of alkyl halides is 1. The number of hydrogen-bond acceptors (Lipinski definition) is 2. The second-order valence-electron chi connectivity index (χ2n) is 5.92. The van der Waals surface area contributed by atoms with E-state index in [4.69, 9.17) is 16.3 Å². The summed E-state index contributed by atoms with van der Waals surface area (Å²) >= 11 is 5.62. The Labute approximate surface area is 99.0 Å². The van der Waals surface area contributed by atoms with E-state index in [1.165, 1.54) is 0 Å². The zero-order chi connectivity index (χ0) is 12.3. The minimum atomic E-state index is -0.676. The Hall–Kier alpha value is 0.210. The van der Waals surface area contributed by atoms with Crippen molar-refractivity contribution in [3.05, 3.63) is 0 Å². The molecule has 0 aromatic heterocycles. The topological polar surface area (TPSA) is 29.5 Å². The molecule has 0 aliphatic carbocycles. The number of aliphatic hydroxyl groups is 1. The van der Waals surface area contributed by atoms with E-state index >= 15 is 0 Å². The van der Waals surface area contributed by atoms with Gasteiger partial charge < -0.3 is 9.84 Å². The van der Waals surface area contributed by atoms with Crippen LogP contribution in [0.1, 0.15) is 48.0 Å². The second-order valence-corrected chi connectivity index (χ2v) is 6.30. The van der Waals surface area contributed by atoms with E-state index < -0.39 is 5.60 Å². The molecule has 0 atom stereocenters. The van der Waals surface area contributed by atoms with Crippen molar-refractivity contribution in [3.63, 3.8) is 0 Å². The molecule has 0 saturated carbocycles. The van der Waals surface area contributed by atoms with Crippen LogP contribution in [0, 0.1) is 5.41 Å². The first-order chi connectivity index (χ1) is 6.52. The summed E-state index contributed by atoms with van der Waals surface area (Å²) in [5.74, 6) is 0.502. The highest BCUT2D eigenvalue weighted by Crippen LogP contribution is 2.40. The summed E-state index contributed by atoms with van der Waals surface area (Å²) in [6, 6.07) is 0. The summed E-state index contributed by atoms with van der Waals surface area (Å²) in [4.78, 5) is 0. The first-order valence-corrected chi connectivity index (χ1v) is 5.98. The molecule has 0 bridgehead atoms. The molecule has 0 rings (SSSR count). The summed E-state index contributed by atoms with van der Waals surface area (Å²) in [6.45, 7) is 12.5. The average molecular weight is 237 g/mol. The summed E-state index contributed by atoms with van der Waals surface area (Å²) < 4.78 is 5.75. The molecule has 0 radical (unpaired) electrons. The predicted octanol–water partition coefficient (Wildman–Crippen LogP) is 3.21. The van der Waals surface area contributed by atoms with E-state index in [2.05, 4.69) is 13.8 Å². The molecule has 1 N–H and O–H groups in total. The lowest BCUT2D eigenvalue weighted by Crippen LogP contribution is -2.46. The van der Waals surface area contributed by atoms with Crippen LogP contribution in [-0.4, -0.2) is 28.8 Å². The van der Waals surface area contributed by atoms with Gasteiger partial charge in [-0.15, -0.1) is 11.6 Å². The standard InChI is InChI=1S/C12H25ClO2/c1-10(2,9-11(3,4)14)12(5,6)15-8-7-13/h14H,7-9H2,1-6H3. The van der Waals surface area contributed by atoms with E-state index in [-0.39, 0.29) is 11.0 Å². The maximum absolute atomic E-state index is 9.86. The lowest BCUT2D eigenvalue weighted by molar-refractivity contribution is -0.118. The molecule has 92 valence electrons. The third-order valence-corrected chi connectivity index (χ3v) is 3.20. The lowest BCUT2D eigenvalue weighted by atomic mass is 9.70. The third kappa shape index (κ3) is 5.19. The highest BCUT2D eigenvalue weighted by molar-refractivity contribution is 6.17. The van der Waals surface area contributed by atoms with Gasteiger partial charge in [0.1, 0.15) is 0 Å². The summed E-state index contributed by atoms with van der Waals surface area (Å²) in [6.07, 6.45) is 0.690. The molecule has 0 heterocycles. The van der Waals surface area contributed by atoms with Crippen molar-refractivity contribution in [2.75, 3.05) is 12.5 Å². The smallest absolute Gasteiger partial charge is 0.0678 e. The molecule has 0 unspecified atom stereocenters. The SMILES string of the molecule is CC(C)(O)CC(C)(C)C(C)(C)OCCCl. The number of hydrogen-bond donors (Lipinski definition) is 1. The van der Waals surface area contributed by atoms with Gasteiger partial charge in [0.25, 0.3) is 0 Å². The molecule has 0 spiro atoms. The van der Waals surface area contributed by atoms with Crippen LogP contribution in [0.3, 0.4) is 0 Å². The fourth-order valence-corrected chi connectivity index (χ4v) is 1.86. The average Bonchev–Trinajstić information content (AvgIpc) is 1.96. The number of ether oxygens (including phenoxy) is 1. The number of halogens is 1. The van der Waals surface area contributed by atoms with Gasteiger partial charge >= 0.3 is 0 Å². The van der Waals surface area contributed by atoms with Crippen LogP contribution < -0.4 is 0 Å². The molecular weight excluding hydrogens is 212 g/mol. The van der Waals surface area contributed by atoms with E-state index in [9.17, 15) is 5.11 Å². The fourth-order valence-electron chi connectivity index (χ4n) is 1.78. The Kier molecular flexibility index (Phi) is 5.10. The third-order valence-electron chi connectivity index (χ3n) is 3.04. The second kappa shape index (κ2) is 5.03. The van der Waals surface area contributed by atoms with Gasteiger partial charge in [-0.05, 0) is 39.5 Å². The summed E-state index contributed by atoms with van der Waals surface area (Å²) in [5.41, 5.74) is -1.07. The van der Waals surface area contributed by atoms with E-state index in [1.807, 2.05) is 27.7 Å². The number of rotatable bonds is 6. The maximum Gasteiger partial charge on any atom is 0.0678 e. The van der Waals surface area contributed by atoms with Crippen LogP contribution in [-0.2, 0) is 4.74 Å². The summed E-state index contributed by atoms with van der Waals surface area (Å²) in [7, 11) is 0. The Morgan fingerprint density at radius 1 is 1.07 bits per heavy atom. The Morgan fingerprint density at radius 3 is 1.87 bits per heavy atom. The molecule has 0 aliphatic heterocycles. The van der Waals surface area contributed by atoms with Gasteiger partial charge in [0.15, 0.2) is 0 Å². The van der Waals surface area contributed by atoms with Gasteiger partial charge in [-0.1, -0.05) is 13.8 Å². The largest absolute Gasteiger partial charge is 0.390 e. The van der Waals surface area contributed by atoms with Gasteiger partial charge in [0, 0.05) is 5.88 Å². The van der Waals surface area contributed by atoms with Crippen LogP contribution in [0.2, 0.25) is 0 Å². The zero-order valence-electron chi connectivity index (χ0n) is 10.9. The van der Waals surface area contributed by atoms with Crippen molar-refractivity contribution in [1.29, 1.82) is 0 Å². The van der Waals surface area contributed by atoms with Crippen LogP contribution in [0.25, 0.3) is 0 Å². The quantitative estimate of drug-likeness (QED) is 0.718. The van der Waals surface area contributed by atoms with Crippen LogP contribution in [0.5, 0.6) is 0 Å². The van der Waals surface area contributed by atoms with Crippen molar-refractivity contribution < 1.29 is 9.84 Å². The van der Waals surface area contributed by atoms with Gasteiger partial charge in [-0.3, -0.25) is 0 Å². The van der Waals surface area contributed by atoms with E-state index in [0.29, 0.717) is 18.9 Å². The molecule has 0 aromatic carbocycles. The van der Waals surface area contributed by atoms with Crippen LogP contribution in [0.15, 0.2) is 0 Å². The van der Waals surface area contributed by atoms with Crippen molar-refractivity contribution in [2.24, 2.45) is 5.41 Å². The minimum absolute atomic E-state index is 0.0999. The first kappa shape index (κ1) is 15.2. The molecule has 3 heteroatoms. The molecule has 0 amide bonds. The molecule has 15 heavy (non-hydrogen) atoms. The highest BCUT2D eigenvalue weighted by atomic mass is 35.5. The van der Waals surface area contributed by atoms with Gasteiger partial charge in [0.05, 0.1) is 17.8 Å². The zero-order valence-corrected chi connectivity index (χ0v) is 11.6. The lowest BCUT2D eigenvalue weighted by Gasteiger charge is -2.44. The molecule has 0 saturated heterocycles. The van der Waals surface area contributed by atoms with Crippen molar-refractivity contribution in [2.45, 2.75) is 59.2 Å².